The molecule has 0 atom stereocenters. The number of aryl methyl sites for hydroxylation is 3. The maximum absolute atomic E-state index is 6.03. The molecule has 0 amide bonds. The van der Waals surface area contributed by atoms with Gasteiger partial charge in [0.2, 0.25) is 0 Å². The van der Waals surface area contributed by atoms with Crippen molar-refractivity contribution in [2.24, 2.45) is 0 Å². The van der Waals surface area contributed by atoms with E-state index in [4.69, 9.17) is 4.74 Å². The zero-order chi connectivity index (χ0) is 19.4. The van der Waals surface area contributed by atoms with Crippen molar-refractivity contribution in [3.63, 3.8) is 0 Å². The van der Waals surface area contributed by atoms with E-state index in [1.807, 2.05) is 0 Å². The number of hydrogen-bond donors (Lipinski definition) is 1. The Morgan fingerprint density at radius 3 is 2.07 bits per heavy atom. The fourth-order valence-corrected chi connectivity index (χ4v) is 4.26. The van der Waals surface area contributed by atoms with E-state index in [0.717, 1.165) is 32.5 Å². The Labute approximate surface area is 178 Å². The third-order valence-corrected chi connectivity index (χ3v) is 5.74. The van der Waals surface area contributed by atoms with E-state index < -0.39 is 0 Å². The average molecular weight is 489 g/mol. The molecule has 0 radical (unpaired) electrons. The number of halogens is 2. The second-order valence-corrected chi connectivity index (χ2v) is 8.52. The van der Waals surface area contributed by atoms with Crippen LogP contribution in [0.25, 0.3) is 0 Å². The maximum Gasteiger partial charge on any atom is 0.148 e. The summed E-state index contributed by atoms with van der Waals surface area (Å²) in [6.07, 6.45) is 0. The van der Waals surface area contributed by atoms with Crippen LogP contribution in [0, 0.1) is 20.8 Å². The van der Waals surface area contributed by atoms with E-state index in [1.165, 1.54) is 22.3 Å². The van der Waals surface area contributed by atoms with Crippen LogP contribution in [0.2, 0.25) is 0 Å². The van der Waals surface area contributed by atoms with E-state index in [2.05, 4.69) is 113 Å². The predicted octanol–water partition coefficient (Wildman–Crippen LogP) is 7.33. The molecule has 2 nitrogen and oxygen atoms in total. The molecular weight excluding hydrogens is 466 g/mol. The monoisotopic (exact) mass is 487 g/mol. The highest BCUT2D eigenvalue weighted by Crippen LogP contribution is 2.35. The topological polar surface area (TPSA) is 21.3 Å². The Hall–Kier alpha value is -1.78. The summed E-state index contributed by atoms with van der Waals surface area (Å²) in [4.78, 5) is 0. The lowest BCUT2D eigenvalue weighted by Gasteiger charge is -2.14. The summed E-state index contributed by atoms with van der Waals surface area (Å²) in [7, 11) is 0. The standard InChI is InChI=1S/C23H23Br2NO/c1-15-4-7-18(8-5-15)14-27-23-21(24)11-19(12-22(23)25)13-26-20-9-6-16(2)17(3)10-20/h4-12,26H,13-14H2,1-3H3. The molecule has 0 unspecified atom stereocenters. The van der Waals surface area contributed by atoms with Crippen molar-refractivity contribution in [2.75, 3.05) is 5.32 Å². The minimum atomic E-state index is 0.539. The van der Waals surface area contributed by atoms with Gasteiger partial charge in [-0.05, 0) is 99.2 Å². The first-order chi connectivity index (χ1) is 12.9. The summed E-state index contributed by atoms with van der Waals surface area (Å²) in [5.41, 5.74) is 7.31. The van der Waals surface area contributed by atoms with Gasteiger partial charge in [-0.25, -0.2) is 0 Å². The summed E-state index contributed by atoms with van der Waals surface area (Å²) in [5.74, 6) is 0.825. The molecule has 0 aromatic heterocycles. The lowest BCUT2D eigenvalue weighted by Crippen LogP contribution is -2.02. The minimum absolute atomic E-state index is 0.539. The minimum Gasteiger partial charge on any atom is -0.487 e. The zero-order valence-electron chi connectivity index (χ0n) is 15.8. The largest absolute Gasteiger partial charge is 0.487 e. The Kier molecular flexibility index (Phi) is 6.61. The van der Waals surface area contributed by atoms with Crippen LogP contribution >= 0.6 is 31.9 Å². The smallest absolute Gasteiger partial charge is 0.148 e. The van der Waals surface area contributed by atoms with Gasteiger partial charge < -0.3 is 10.1 Å². The van der Waals surface area contributed by atoms with Crippen molar-refractivity contribution in [1.82, 2.24) is 0 Å². The molecule has 3 aromatic rings. The molecule has 0 saturated carbocycles. The van der Waals surface area contributed by atoms with Gasteiger partial charge in [0, 0.05) is 12.2 Å². The van der Waals surface area contributed by atoms with E-state index in [1.54, 1.807) is 0 Å². The lowest BCUT2D eigenvalue weighted by atomic mass is 10.1. The number of nitrogens with one attached hydrogen (secondary N) is 1. The fraction of sp³-hybridized carbons (Fsp3) is 0.217. The average Bonchev–Trinajstić information content (AvgIpc) is 2.63. The molecule has 0 aliphatic heterocycles. The molecule has 0 fully saturated rings. The summed E-state index contributed by atoms with van der Waals surface area (Å²) in [6, 6.07) is 19.0. The fourth-order valence-electron chi connectivity index (χ4n) is 2.75. The van der Waals surface area contributed by atoms with Crippen LogP contribution in [-0.4, -0.2) is 0 Å². The molecule has 0 saturated heterocycles. The summed E-state index contributed by atoms with van der Waals surface area (Å²) in [6.45, 7) is 7.63. The first-order valence-corrected chi connectivity index (χ1v) is 10.5. The second-order valence-electron chi connectivity index (χ2n) is 6.82. The SMILES string of the molecule is Cc1ccc(COc2c(Br)cc(CNc3ccc(C)c(C)c3)cc2Br)cc1. The molecular formula is C23H23Br2NO. The Morgan fingerprint density at radius 2 is 1.44 bits per heavy atom. The third kappa shape index (κ3) is 5.36. The molecule has 4 heteroatoms. The van der Waals surface area contributed by atoms with Gasteiger partial charge in [-0.15, -0.1) is 0 Å². The number of rotatable bonds is 6. The molecule has 0 aliphatic carbocycles. The van der Waals surface area contributed by atoms with Crippen LogP contribution in [0.4, 0.5) is 5.69 Å². The van der Waals surface area contributed by atoms with E-state index in [-0.39, 0.29) is 0 Å². The van der Waals surface area contributed by atoms with Gasteiger partial charge in [0.15, 0.2) is 0 Å². The van der Waals surface area contributed by atoms with Crippen LogP contribution in [0.3, 0.4) is 0 Å². The quantitative estimate of drug-likeness (QED) is 0.392. The Bertz CT molecular complexity index is 913. The van der Waals surface area contributed by atoms with Gasteiger partial charge >= 0.3 is 0 Å². The van der Waals surface area contributed by atoms with Crippen LogP contribution in [0.5, 0.6) is 5.75 Å². The van der Waals surface area contributed by atoms with Crippen LogP contribution in [-0.2, 0) is 13.2 Å². The second kappa shape index (κ2) is 8.94. The highest BCUT2D eigenvalue weighted by atomic mass is 79.9. The number of ether oxygens (including phenoxy) is 1. The molecule has 0 aliphatic rings. The van der Waals surface area contributed by atoms with Crippen LogP contribution in [0.1, 0.15) is 27.8 Å². The molecule has 0 spiro atoms. The van der Waals surface area contributed by atoms with Gasteiger partial charge in [-0.1, -0.05) is 35.9 Å². The molecule has 140 valence electrons. The van der Waals surface area contributed by atoms with Crippen LogP contribution < -0.4 is 10.1 Å². The number of anilines is 1. The number of hydrogen-bond acceptors (Lipinski definition) is 2. The predicted molar refractivity (Wildman–Crippen MR) is 121 cm³/mol. The van der Waals surface area contributed by atoms with Crippen molar-refractivity contribution in [3.05, 3.63) is 91.4 Å². The third-order valence-electron chi connectivity index (χ3n) is 4.57. The van der Waals surface area contributed by atoms with E-state index in [9.17, 15) is 0 Å². The Balaban J connectivity index is 1.66. The first-order valence-electron chi connectivity index (χ1n) is 8.90. The van der Waals surface area contributed by atoms with Gasteiger partial charge in [0.25, 0.3) is 0 Å². The molecule has 1 N–H and O–H groups in total. The van der Waals surface area contributed by atoms with Crippen molar-refractivity contribution >= 4 is 37.5 Å². The molecule has 3 rings (SSSR count). The zero-order valence-corrected chi connectivity index (χ0v) is 18.9. The normalized spacial score (nSPS) is 10.7. The molecule has 0 heterocycles. The Morgan fingerprint density at radius 1 is 0.778 bits per heavy atom. The number of benzene rings is 3. The van der Waals surface area contributed by atoms with Crippen molar-refractivity contribution in [1.29, 1.82) is 0 Å². The van der Waals surface area contributed by atoms with E-state index in [0.29, 0.717) is 6.61 Å². The molecule has 27 heavy (non-hydrogen) atoms. The van der Waals surface area contributed by atoms with Crippen molar-refractivity contribution < 1.29 is 4.74 Å². The highest BCUT2D eigenvalue weighted by Gasteiger charge is 2.10. The van der Waals surface area contributed by atoms with Gasteiger partial charge in [-0.2, -0.15) is 0 Å². The highest BCUT2D eigenvalue weighted by molar-refractivity contribution is 9.11. The molecule has 3 aromatic carbocycles. The van der Waals surface area contributed by atoms with Gasteiger partial charge in [-0.3, -0.25) is 0 Å². The summed E-state index contributed by atoms with van der Waals surface area (Å²) >= 11 is 7.30. The van der Waals surface area contributed by atoms with Gasteiger partial charge in [0.05, 0.1) is 8.95 Å². The van der Waals surface area contributed by atoms with Gasteiger partial charge in [0.1, 0.15) is 12.4 Å². The molecule has 0 bridgehead atoms. The maximum atomic E-state index is 6.03. The lowest BCUT2D eigenvalue weighted by molar-refractivity contribution is 0.302. The summed E-state index contributed by atoms with van der Waals surface area (Å²) < 4.78 is 7.92. The first kappa shape index (κ1) is 20.0. The van der Waals surface area contributed by atoms with Crippen molar-refractivity contribution in [2.45, 2.75) is 33.9 Å². The van der Waals surface area contributed by atoms with Crippen LogP contribution in [0.15, 0.2) is 63.5 Å². The summed E-state index contributed by atoms with van der Waals surface area (Å²) in [5, 5.41) is 3.48. The van der Waals surface area contributed by atoms with Crippen molar-refractivity contribution in [3.8, 4) is 5.75 Å². The van der Waals surface area contributed by atoms with E-state index >= 15 is 0 Å².